The van der Waals surface area contributed by atoms with Gasteiger partial charge in [0.15, 0.2) is 6.73 Å². The molecule has 0 aliphatic heterocycles. The van der Waals surface area contributed by atoms with Gasteiger partial charge >= 0.3 is 5.97 Å². The molecular weight excluding hydrogens is 426 g/mol. The van der Waals surface area contributed by atoms with Crippen LogP contribution in [0.1, 0.15) is 26.3 Å². The van der Waals surface area contributed by atoms with Gasteiger partial charge in [-0.2, -0.15) is 0 Å². The molecule has 0 saturated carbocycles. The standard InChI is InChI=1S/C27H27N5O2/c1-17-5-8-20(28)14-22(17)19-7-6-18-9-12-32(23(18)13-19)25-21-10-11-31(24(21)29-15-30-25)16-34-26(33)27(2,3)4/h5-15H,16,28H2,1-4H3. The van der Waals surface area contributed by atoms with Crippen LogP contribution in [0.3, 0.4) is 0 Å². The minimum Gasteiger partial charge on any atom is -0.443 e. The van der Waals surface area contributed by atoms with E-state index in [2.05, 4.69) is 45.7 Å². The predicted molar refractivity (Wildman–Crippen MR) is 134 cm³/mol. The van der Waals surface area contributed by atoms with Crippen LogP contribution in [0.25, 0.3) is 38.9 Å². The van der Waals surface area contributed by atoms with E-state index in [-0.39, 0.29) is 12.7 Å². The van der Waals surface area contributed by atoms with Gasteiger partial charge in [-0.25, -0.2) is 9.97 Å². The van der Waals surface area contributed by atoms with Gasteiger partial charge in [0.05, 0.1) is 16.3 Å². The average molecular weight is 454 g/mol. The number of nitrogens with zero attached hydrogens (tertiary/aromatic N) is 4. The van der Waals surface area contributed by atoms with E-state index in [9.17, 15) is 4.79 Å². The number of rotatable bonds is 4. The Bertz CT molecular complexity index is 1540. The molecule has 0 aliphatic rings. The number of nitrogen functional groups attached to an aromatic ring is 1. The number of nitrogens with two attached hydrogens (primary N) is 1. The second kappa shape index (κ2) is 8.02. The van der Waals surface area contributed by atoms with Crippen molar-refractivity contribution in [2.75, 3.05) is 5.73 Å². The summed E-state index contributed by atoms with van der Waals surface area (Å²) in [6.45, 7) is 7.68. The van der Waals surface area contributed by atoms with Crippen LogP contribution in [0.5, 0.6) is 0 Å². The third-order valence-electron chi connectivity index (χ3n) is 5.98. The Morgan fingerprint density at radius 1 is 1.03 bits per heavy atom. The monoisotopic (exact) mass is 453 g/mol. The summed E-state index contributed by atoms with van der Waals surface area (Å²) < 4.78 is 9.37. The van der Waals surface area contributed by atoms with E-state index >= 15 is 0 Å². The van der Waals surface area contributed by atoms with Crippen molar-refractivity contribution in [1.29, 1.82) is 0 Å². The fraction of sp³-hybridized carbons (Fsp3) is 0.222. The fourth-order valence-corrected chi connectivity index (χ4v) is 4.06. The summed E-state index contributed by atoms with van der Waals surface area (Å²) in [5.41, 5.74) is 11.3. The van der Waals surface area contributed by atoms with E-state index in [4.69, 9.17) is 10.5 Å². The number of carbonyl (C=O) groups is 1. The van der Waals surface area contributed by atoms with Crippen molar-refractivity contribution in [3.8, 4) is 16.9 Å². The van der Waals surface area contributed by atoms with Crippen LogP contribution >= 0.6 is 0 Å². The third kappa shape index (κ3) is 3.79. The van der Waals surface area contributed by atoms with E-state index in [1.54, 1.807) is 0 Å². The normalized spacial score (nSPS) is 11.9. The zero-order valence-electron chi connectivity index (χ0n) is 19.7. The van der Waals surface area contributed by atoms with Gasteiger partial charge in [-0.05, 0) is 74.7 Å². The number of anilines is 1. The molecule has 0 saturated heterocycles. The molecule has 3 aromatic heterocycles. The highest BCUT2D eigenvalue weighted by molar-refractivity contribution is 5.91. The van der Waals surface area contributed by atoms with Crippen LogP contribution < -0.4 is 5.73 Å². The Balaban J connectivity index is 1.57. The number of ether oxygens (including phenoxy) is 1. The molecule has 7 heteroatoms. The Morgan fingerprint density at radius 2 is 1.85 bits per heavy atom. The molecule has 0 amide bonds. The maximum atomic E-state index is 12.2. The molecule has 0 bridgehead atoms. The molecule has 0 unspecified atom stereocenters. The van der Waals surface area contributed by atoms with Crippen LogP contribution in [0, 0.1) is 12.3 Å². The highest BCUT2D eigenvalue weighted by Gasteiger charge is 2.23. The van der Waals surface area contributed by atoms with E-state index < -0.39 is 5.41 Å². The lowest BCUT2D eigenvalue weighted by Gasteiger charge is -2.17. The molecule has 0 radical (unpaired) electrons. The molecule has 5 aromatic rings. The summed E-state index contributed by atoms with van der Waals surface area (Å²) in [5.74, 6) is 0.506. The van der Waals surface area contributed by atoms with Gasteiger partial charge < -0.3 is 15.0 Å². The quantitative estimate of drug-likeness (QED) is 0.288. The number of hydrogen-bond donors (Lipinski definition) is 1. The van der Waals surface area contributed by atoms with E-state index in [0.29, 0.717) is 5.65 Å². The average Bonchev–Trinajstić information content (AvgIpc) is 3.42. The van der Waals surface area contributed by atoms with E-state index in [1.807, 2.05) is 62.0 Å². The molecule has 34 heavy (non-hydrogen) atoms. The molecular formula is C27H27N5O2. The summed E-state index contributed by atoms with van der Waals surface area (Å²) >= 11 is 0. The number of hydrogen-bond acceptors (Lipinski definition) is 5. The zero-order valence-corrected chi connectivity index (χ0v) is 19.7. The topological polar surface area (TPSA) is 88.0 Å². The summed E-state index contributed by atoms with van der Waals surface area (Å²) in [4.78, 5) is 21.3. The van der Waals surface area contributed by atoms with Gasteiger partial charge in [-0.3, -0.25) is 9.36 Å². The number of carbonyl (C=O) groups excluding carboxylic acids is 1. The van der Waals surface area contributed by atoms with Crippen LogP contribution in [-0.2, 0) is 16.3 Å². The largest absolute Gasteiger partial charge is 0.443 e. The Hall–Kier alpha value is -4.13. The molecule has 5 rings (SSSR count). The van der Waals surface area contributed by atoms with Crippen LogP contribution in [0.2, 0.25) is 0 Å². The highest BCUT2D eigenvalue weighted by Crippen LogP contribution is 2.31. The summed E-state index contributed by atoms with van der Waals surface area (Å²) in [6.07, 6.45) is 5.42. The molecule has 2 N–H and O–H groups in total. The molecule has 172 valence electrons. The fourth-order valence-electron chi connectivity index (χ4n) is 4.06. The Morgan fingerprint density at radius 3 is 2.65 bits per heavy atom. The first-order valence-corrected chi connectivity index (χ1v) is 11.2. The van der Waals surface area contributed by atoms with Gasteiger partial charge in [-0.1, -0.05) is 18.2 Å². The van der Waals surface area contributed by atoms with Crippen molar-refractivity contribution in [3.05, 3.63) is 72.8 Å². The number of fused-ring (bicyclic) bond motifs is 2. The van der Waals surface area contributed by atoms with Crippen LogP contribution in [0.15, 0.2) is 67.3 Å². The minimum atomic E-state index is -0.563. The lowest BCUT2D eigenvalue weighted by molar-refractivity contribution is -0.156. The molecule has 0 spiro atoms. The van der Waals surface area contributed by atoms with Gasteiger partial charge in [0.2, 0.25) is 0 Å². The minimum absolute atomic E-state index is 0.0985. The second-order valence-corrected chi connectivity index (χ2v) is 9.56. The first-order valence-electron chi connectivity index (χ1n) is 11.2. The molecule has 0 fully saturated rings. The van der Waals surface area contributed by atoms with Gasteiger partial charge in [0, 0.05) is 23.5 Å². The lowest BCUT2D eigenvalue weighted by Crippen LogP contribution is -2.23. The highest BCUT2D eigenvalue weighted by atomic mass is 16.5. The summed E-state index contributed by atoms with van der Waals surface area (Å²) in [5, 5.41) is 1.98. The number of aromatic nitrogens is 4. The maximum Gasteiger partial charge on any atom is 0.312 e. The van der Waals surface area contributed by atoms with Crippen molar-refractivity contribution in [2.24, 2.45) is 5.41 Å². The summed E-state index contributed by atoms with van der Waals surface area (Å²) in [6, 6.07) is 16.4. The molecule has 3 heterocycles. The smallest absolute Gasteiger partial charge is 0.312 e. The van der Waals surface area contributed by atoms with Crippen LogP contribution in [0.4, 0.5) is 5.69 Å². The van der Waals surface area contributed by atoms with Crippen molar-refractivity contribution >= 4 is 33.6 Å². The number of benzene rings is 2. The molecule has 0 atom stereocenters. The van der Waals surface area contributed by atoms with Gasteiger partial charge in [0.25, 0.3) is 0 Å². The van der Waals surface area contributed by atoms with Crippen molar-refractivity contribution < 1.29 is 9.53 Å². The van der Waals surface area contributed by atoms with Crippen LogP contribution in [-0.4, -0.2) is 25.1 Å². The number of esters is 1. The summed E-state index contributed by atoms with van der Waals surface area (Å²) in [7, 11) is 0. The first-order chi connectivity index (χ1) is 16.2. The Kier molecular flexibility index (Phi) is 5.12. The number of aryl methyl sites for hydroxylation is 1. The predicted octanol–water partition coefficient (Wildman–Crippen LogP) is 5.48. The zero-order chi connectivity index (χ0) is 24.0. The van der Waals surface area contributed by atoms with Crippen molar-refractivity contribution in [2.45, 2.75) is 34.4 Å². The SMILES string of the molecule is Cc1ccc(N)cc1-c1ccc2ccn(-c3ncnc4c3ccn4COC(=O)C(C)(C)C)c2c1. The molecule has 7 nitrogen and oxygen atoms in total. The van der Waals surface area contributed by atoms with Gasteiger partial charge in [0.1, 0.15) is 17.8 Å². The maximum absolute atomic E-state index is 12.2. The first kappa shape index (κ1) is 21.7. The lowest BCUT2D eigenvalue weighted by atomic mass is 9.98. The molecule has 2 aromatic carbocycles. The van der Waals surface area contributed by atoms with E-state index in [1.165, 1.54) is 6.33 Å². The van der Waals surface area contributed by atoms with Gasteiger partial charge in [-0.15, -0.1) is 0 Å². The Labute approximate surface area is 197 Å². The van der Waals surface area contributed by atoms with Crippen molar-refractivity contribution in [3.63, 3.8) is 0 Å². The van der Waals surface area contributed by atoms with Crippen molar-refractivity contribution in [1.82, 2.24) is 19.1 Å². The molecule has 0 aliphatic carbocycles. The third-order valence-corrected chi connectivity index (χ3v) is 5.98. The second-order valence-electron chi connectivity index (χ2n) is 9.56. The van der Waals surface area contributed by atoms with E-state index in [0.717, 1.165) is 44.5 Å².